The number of sulfonamides is 1. The van der Waals surface area contributed by atoms with Crippen LogP contribution in [0.4, 0.5) is 0 Å². The molecule has 19 heavy (non-hydrogen) atoms. The van der Waals surface area contributed by atoms with E-state index in [-0.39, 0.29) is 16.4 Å². The number of allylic oxidation sites excluding steroid dienone is 4. The Balaban J connectivity index is 2.42. The summed E-state index contributed by atoms with van der Waals surface area (Å²) in [4.78, 5) is 11.2. The standard InChI is InChI=1S/C13H10BrNO3S/c1-9-8-11(16)4-7-13(9)15-19(17,18)12-5-2-10(14)3-6-12/h2-8H,1H3/b15-13-. The lowest BCUT2D eigenvalue weighted by Crippen LogP contribution is -2.09. The largest absolute Gasteiger partial charge is 0.290 e. The monoisotopic (exact) mass is 339 g/mol. The molecule has 0 aliphatic heterocycles. The van der Waals surface area contributed by atoms with Crippen molar-refractivity contribution in [2.45, 2.75) is 11.8 Å². The van der Waals surface area contributed by atoms with Crippen molar-refractivity contribution >= 4 is 37.4 Å². The Morgan fingerprint density at radius 2 is 1.74 bits per heavy atom. The molecule has 4 nitrogen and oxygen atoms in total. The summed E-state index contributed by atoms with van der Waals surface area (Å²) in [6.45, 7) is 1.65. The average molecular weight is 340 g/mol. The van der Waals surface area contributed by atoms with Crippen molar-refractivity contribution < 1.29 is 13.2 Å². The lowest BCUT2D eigenvalue weighted by molar-refractivity contribution is -0.110. The lowest BCUT2D eigenvalue weighted by Gasteiger charge is -2.06. The number of ketones is 1. The second-order valence-corrected chi connectivity index (χ2v) is 6.49. The van der Waals surface area contributed by atoms with Gasteiger partial charge in [0.2, 0.25) is 0 Å². The number of nitrogens with zero attached hydrogens (tertiary/aromatic N) is 1. The normalized spacial score (nSPS) is 17.7. The molecule has 0 unspecified atom stereocenters. The van der Waals surface area contributed by atoms with Crippen molar-refractivity contribution in [1.29, 1.82) is 0 Å². The van der Waals surface area contributed by atoms with Crippen molar-refractivity contribution in [3.05, 3.63) is 52.5 Å². The zero-order valence-electron chi connectivity index (χ0n) is 10.00. The smallest absolute Gasteiger partial charge is 0.282 e. The minimum atomic E-state index is -3.76. The predicted octanol–water partition coefficient (Wildman–Crippen LogP) is 2.66. The highest BCUT2D eigenvalue weighted by atomic mass is 79.9. The maximum absolute atomic E-state index is 12.1. The summed E-state index contributed by atoms with van der Waals surface area (Å²) in [6, 6.07) is 6.21. The first kappa shape index (κ1) is 13.9. The molecule has 98 valence electrons. The van der Waals surface area contributed by atoms with E-state index in [1.165, 1.54) is 30.4 Å². The number of hydrogen-bond acceptors (Lipinski definition) is 3. The fourth-order valence-corrected chi connectivity index (χ4v) is 2.83. The predicted molar refractivity (Wildman–Crippen MR) is 76.7 cm³/mol. The summed E-state index contributed by atoms with van der Waals surface area (Å²) < 4.78 is 28.7. The van der Waals surface area contributed by atoms with Crippen LogP contribution in [0.5, 0.6) is 0 Å². The highest BCUT2D eigenvalue weighted by molar-refractivity contribution is 9.10. The van der Waals surface area contributed by atoms with Crippen molar-refractivity contribution in [3.63, 3.8) is 0 Å². The summed E-state index contributed by atoms with van der Waals surface area (Å²) in [7, 11) is -3.76. The molecule has 0 aromatic heterocycles. The number of rotatable bonds is 2. The van der Waals surface area contributed by atoms with Gasteiger partial charge < -0.3 is 0 Å². The van der Waals surface area contributed by atoms with Crippen LogP contribution in [0.1, 0.15) is 6.92 Å². The van der Waals surface area contributed by atoms with Crippen LogP contribution in [0, 0.1) is 0 Å². The maximum Gasteiger partial charge on any atom is 0.282 e. The molecule has 0 atom stereocenters. The molecule has 1 aromatic carbocycles. The molecule has 0 saturated carbocycles. The molecule has 0 radical (unpaired) electrons. The number of carbonyl (C=O) groups excluding carboxylic acids is 1. The summed E-state index contributed by atoms with van der Waals surface area (Å²) in [5.41, 5.74) is 0.815. The Kier molecular flexibility index (Phi) is 3.82. The van der Waals surface area contributed by atoms with Gasteiger partial charge in [-0.1, -0.05) is 15.9 Å². The van der Waals surface area contributed by atoms with Gasteiger partial charge in [-0.3, -0.25) is 4.79 Å². The third-order valence-electron chi connectivity index (χ3n) is 2.50. The van der Waals surface area contributed by atoms with Crippen LogP contribution >= 0.6 is 15.9 Å². The summed E-state index contributed by atoms with van der Waals surface area (Å²) in [5, 5.41) is 0. The Morgan fingerprint density at radius 1 is 1.11 bits per heavy atom. The van der Waals surface area contributed by atoms with Gasteiger partial charge in [-0.15, -0.1) is 0 Å². The summed E-state index contributed by atoms with van der Waals surface area (Å²) in [6.07, 6.45) is 4.06. The van der Waals surface area contributed by atoms with E-state index in [1.54, 1.807) is 19.1 Å². The quantitative estimate of drug-likeness (QED) is 0.778. The van der Waals surface area contributed by atoms with E-state index in [2.05, 4.69) is 20.3 Å². The van der Waals surface area contributed by atoms with Crippen LogP contribution in [0.25, 0.3) is 0 Å². The fourth-order valence-electron chi connectivity index (χ4n) is 1.52. The minimum Gasteiger partial charge on any atom is -0.290 e. The van der Waals surface area contributed by atoms with Crippen molar-refractivity contribution in [1.82, 2.24) is 0 Å². The Hall–Kier alpha value is -1.53. The average Bonchev–Trinajstić information content (AvgIpc) is 2.33. The molecule has 0 amide bonds. The molecule has 0 bridgehead atoms. The van der Waals surface area contributed by atoms with Gasteiger partial charge >= 0.3 is 0 Å². The first-order valence-corrected chi connectivity index (χ1v) is 7.63. The highest BCUT2D eigenvalue weighted by Crippen LogP contribution is 2.18. The van der Waals surface area contributed by atoms with Gasteiger partial charge in [0, 0.05) is 4.47 Å². The third kappa shape index (κ3) is 3.27. The topological polar surface area (TPSA) is 63.6 Å². The lowest BCUT2D eigenvalue weighted by atomic mass is 10.1. The molecule has 1 aliphatic carbocycles. The molecule has 0 fully saturated rings. The van der Waals surface area contributed by atoms with Crippen molar-refractivity contribution in [2.75, 3.05) is 0 Å². The van der Waals surface area contributed by atoms with Crippen LogP contribution in [0.3, 0.4) is 0 Å². The zero-order chi connectivity index (χ0) is 14.0. The molecule has 0 heterocycles. The van der Waals surface area contributed by atoms with E-state index in [1.807, 2.05) is 0 Å². The molecular formula is C13H10BrNO3S. The fraction of sp³-hybridized carbons (Fsp3) is 0.0769. The first-order chi connectivity index (χ1) is 8.88. The summed E-state index contributed by atoms with van der Waals surface area (Å²) in [5.74, 6) is -0.169. The number of carbonyl (C=O) groups is 1. The van der Waals surface area contributed by atoms with E-state index in [4.69, 9.17) is 0 Å². The molecule has 2 rings (SSSR count). The highest BCUT2D eigenvalue weighted by Gasteiger charge is 2.16. The SMILES string of the molecule is CC1=CC(=O)C=C/C1=N/S(=O)(=O)c1ccc(Br)cc1. The summed E-state index contributed by atoms with van der Waals surface area (Å²) >= 11 is 3.24. The Labute approximate surface area is 119 Å². The van der Waals surface area contributed by atoms with E-state index < -0.39 is 10.0 Å². The van der Waals surface area contributed by atoms with Crippen LogP contribution in [0.2, 0.25) is 0 Å². The number of benzene rings is 1. The second-order valence-electron chi connectivity index (χ2n) is 3.97. The van der Waals surface area contributed by atoms with Crippen LogP contribution < -0.4 is 0 Å². The zero-order valence-corrected chi connectivity index (χ0v) is 12.4. The Bertz CT molecular complexity index is 713. The van der Waals surface area contributed by atoms with E-state index in [9.17, 15) is 13.2 Å². The van der Waals surface area contributed by atoms with Gasteiger partial charge in [0.05, 0.1) is 10.6 Å². The number of halogens is 1. The van der Waals surface area contributed by atoms with Gasteiger partial charge in [-0.05, 0) is 55.0 Å². The second kappa shape index (κ2) is 5.22. The third-order valence-corrected chi connectivity index (χ3v) is 4.33. The van der Waals surface area contributed by atoms with E-state index >= 15 is 0 Å². The van der Waals surface area contributed by atoms with Gasteiger partial charge in [0.25, 0.3) is 10.0 Å². The van der Waals surface area contributed by atoms with E-state index in [0.717, 1.165) is 4.47 Å². The first-order valence-electron chi connectivity index (χ1n) is 5.40. The van der Waals surface area contributed by atoms with Crippen LogP contribution in [-0.4, -0.2) is 19.9 Å². The van der Waals surface area contributed by atoms with E-state index in [0.29, 0.717) is 5.57 Å². The molecule has 6 heteroatoms. The number of hydrogen-bond donors (Lipinski definition) is 0. The maximum atomic E-state index is 12.1. The van der Waals surface area contributed by atoms with Crippen LogP contribution in [-0.2, 0) is 14.8 Å². The molecule has 1 aromatic rings. The molecule has 1 aliphatic rings. The van der Waals surface area contributed by atoms with Gasteiger partial charge in [-0.2, -0.15) is 12.8 Å². The Morgan fingerprint density at radius 3 is 2.32 bits per heavy atom. The molecule has 0 N–H and O–H groups in total. The van der Waals surface area contributed by atoms with Gasteiger partial charge in [0.15, 0.2) is 5.78 Å². The van der Waals surface area contributed by atoms with Gasteiger partial charge in [0.1, 0.15) is 0 Å². The molecule has 0 spiro atoms. The van der Waals surface area contributed by atoms with Crippen molar-refractivity contribution in [2.24, 2.45) is 4.40 Å². The van der Waals surface area contributed by atoms with Crippen molar-refractivity contribution in [3.8, 4) is 0 Å². The molecular weight excluding hydrogens is 330 g/mol. The van der Waals surface area contributed by atoms with Gasteiger partial charge in [-0.25, -0.2) is 0 Å². The van der Waals surface area contributed by atoms with Crippen LogP contribution in [0.15, 0.2) is 61.8 Å². The molecule has 0 saturated heterocycles. The minimum absolute atomic E-state index is 0.112.